The number of halogens is 2. The molecule has 1 aliphatic heterocycles. The maximum Gasteiger partial charge on any atom is 0.338 e. The predicted octanol–water partition coefficient (Wildman–Crippen LogP) is 6.22. The summed E-state index contributed by atoms with van der Waals surface area (Å²) in [5, 5.41) is 0.997. The van der Waals surface area contributed by atoms with E-state index in [1.807, 2.05) is 45.9 Å². The fraction of sp³-hybridized carbons (Fsp3) is 0.304. The van der Waals surface area contributed by atoms with Crippen molar-refractivity contribution in [2.45, 2.75) is 39.0 Å². The third kappa shape index (κ3) is 4.72. The van der Waals surface area contributed by atoms with Crippen molar-refractivity contribution in [3.8, 4) is 0 Å². The van der Waals surface area contributed by atoms with Gasteiger partial charge < -0.3 is 9.47 Å². The second kappa shape index (κ2) is 7.94. The topological polar surface area (TPSA) is 47.9 Å². The molecule has 0 saturated carbocycles. The Labute approximate surface area is 181 Å². The molecule has 2 aromatic carbocycles. The number of esters is 1. The number of benzene rings is 2. The van der Waals surface area contributed by atoms with E-state index in [4.69, 9.17) is 32.7 Å². The van der Waals surface area contributed by atoms with E-state index < -0.39 is 11.3 Å². The van der Waals surface area contributed by atoms with E-state index in [-0.39, 0.29) is 5.97 Å². The van der Waals surface area contributed by atoms with Crippen LogP contribution in [-0.4, -0.2) is 24.9 Å². The number of hydrogen-bond donors (Lipinski definition) is 0. The van der Waals surface area contributed by atoms with Crippen LogP contribution < -0.4 is 0 Å². The Balaban J connectivity index is 1.94. The predicted molar refractivity (Wildman–Crippen MR) is 118 cm³/mol. The van der Waals surface area contributed by atoms with Crippen molar-refractivity contribution in [2.75, 3.05) is 6.61 Å². The van der Waals surface area contributed by atoms with Crippen molar-refractivity contribution in [2.24, 2.45) is 4.99 Å². The molecule has 4 nitrogen and oxygen atoms in total. The third-order valence-corrected chi connectivity index (χ3v) is 4.98. The number of ether oxygens (including phenoxy) is 2. The van der Waals surface area contributed by atoms with E-state index in [0.29, 0.717) is 27.8 Å². The molecule has 1 atom stereocenters. The molecule has 3 rings (SSSR count). The van der Waals surface area contributed by atoms with Crippen molar-refractivity contribution in [3.05, 3.63) is 74.8 Å². The first-order valence-electron chi connectivity index (χ1n) is 9.17. The first kappa shape index (κ1) is 21.6. The van der Waals surface area contributed by atoms with Crippen molar-refractivity contribution < 1.29 is 14.3 Å². The molecular weight excluding hydrogens is 409 g/mol. The van der Waals surface area contributed by atoms with Gasteiger partial charge in [0.25, 0.3) is 0 Å². The van der Waals surface area contributed by atoms with E-state index in [1.54, 1.807) is 24.3 Å². The zero-order chi connectivity index (χ0) is 21.4. The molecule has 6 heteroatoms. The third-order valence-electron chi connectivity index (χ3n) is 4.54. The average molecular weight is 432 g/mol. The van der Waals surface area contributed by atoms with Gasteiger partial charge in [0.1, 0.15) is 5.60 Å². The first-order valence-corrected chi connectivity index (χ1v) is 9.93. The van der Waals surface area contributed by atoms with Gasteiger partial charge >= 0.3 is 5.97 Å². The summed E-state index contributed by atoms with van der Waals surface area (Å²) < 4.78 is 11.5. The molecule has 2 aromatic rings. The summed E-state index contributed by atoms with van der Waals surface area (Å²) >= 11 is 12.3. The Hall–Kier alpha value is -2.14. The highest BCUT2D eigenvalue weighted by Crippen LogP contribution is 2.40. The number of nitrogens with zero attached hydrogens (tertiary/aromatic N) is 1. The monoisotopic (exact) mass is 431 g/mol. The van der Waals surface area contributed by atoms with Crippen LogP contribution in [0.15, 0.2) is 47.5 Å². The van der Waals surface area contributed by atoms with Crippen LogP contribution in [0.3, 0.4) is 0 Å². The highest BCUT2D eigenvalue weighted by atomic mass is 35.5. The van der Waals surface area contributed by atoms with E-state index in [0.717, 1.165) is 16.7 Å². The zero-order valence-corrected chi connectivity index (χ0v) is 18.4. The summed E-state index contributed by atoms with van der Waals surface area (Å²) in [6, 6.07) is 10.8. The molecule has 0 amide bonds. The summed E-state index contributed by atoms with van der Waals surface area (Å²) in [5.41, 5.74) is 2.35. The SMILES string of the molecule is C=NC1(c2cc(Cl)cc(Cl)c2)C=C(c2ccc(C(=O)OC(C)(C)C)c(C)c2)CO1. The van der Waals surface area contributed by atoms with Gasteiger partial charge in [-0.1, -0.05) is 35.3 Å². The number of aliphatic imine (C=N–C) groups is 1. The lowest BCUT2D eigenvalue weighted by molar-refractivity contribution is 0.00687. The molecule has 0 fully saturated rings. The molecule has 1 unspecified atom stereocenters. The molecular formula is C23H23Cl2NO3. The molecule has 1 heterocycles. The summed E-state index contributed by atoms with van der Waals surface area (Å²) in [7, 11) is 0. The van der Waals surface area contributed by atoms with Gasteiger partial charge in [0.2, 0.25) is 5.72 Å². The van der Waals surface area contributed by atoms with Gasteiger partial charge in [-0.3, -0.25) is 4.99 Å². The van der Waals surface area contributed by atoms with Crippen LogP contribution in [0.5, 0.6) is 0 Å². The number of aryl methyl sites for hydroxylation is 1. The molecule has 0 radical (unpaired) electrons. The second-order valence-corrected chi connectivity index (χ2v) is 8.88. The fourth-order valence-corrected chi connectivity index (χ4v) is 3.74. The summed E-state index contributed by atoms with van der Waals surface area (Å²) in [6.07, 6.45) is 1.91. The van der Waals surface area contributed by atoms with Gasteiger partial charge in [0.15, 0.2) is 0 Å². The van der Waals surface area contributed by atoms with Crippen LogP contribution in [0.25, 0.3) is 5.57 Å². The minimum atomic E-state index is -1.05. The van der Waals surface area contributed by atoms with E-state index in [1.165, 1.54) is 0 Å². The molecule has 29 heavy (non-hydrogen) atoms. The smallest absolute Gasteiger partial charge is 0.338 e. The molecule has 152 valence electrons. The maximum absolute atomic E-state index is 12.4. The highest BCUT2D eigenvalue weighted by molar-refractivity contribution is 6.34. The van der Waals surface area contributed by atoms with Gasteiger partial charge in [0, 0.05) is 15.6 Å². The molecule has 0 N–H and O–H groups in total. The lowest BCUT2D eigenvalue weighted by Gasteiger charge is -2.22. The highest BCUT2D eigenvalue weighted by Gasteiger charge is 2.36. The maximum atomic E-state index is 12.4. The first-order chi connectivity index (χ1) is 13.5. The van der Waals surface area contributed by atoms with Crippen molar-refractivity contribution in [1.82, 2.24) is 0 Å². The Kier molecular flexibility index (Phi) is 5.91. The Morgan fingerprint density at radius 2 is 1.83 bits per heavy atom. The Morgan fingerprint density at radius 1 is 1.17 bits per heavy atom. The summed E-state index contributed by atoms with van der Waals surface area (Å²) in [5.74, 6) is -0.339. The van der Waals surface area contributed by atoms with Gasteiger partial charge in [-0.05, 0) is 81.5 Å². The minimum Gasteiger partial charge on any atom is -0.456 e. The van der Waals surface area contributed by atoms with Crippen LogP contribution in [0.2, 0.25) is 10.0 Å². The lowest BCUT2D eigenvalue weighted by atomic mass is 9.97. The molecule has 0 aliphatic carbocycles. The number of carbonyl (C=O) groups is 1. The summed E-state index contributed by atoms with van der Waals surface area (Å²) in [6.45, 7) is 11.5. The fourth-order valence-electron chi connectivity index (χ4n) is 3.21. The van der Waals surface area contributed by atoms with Crippen LogP contribution in [0.4, 0.5) is 0 Å². The molecule has 0 spiro atoms. The second-order valence-electron chi connectivity index (χ2n) is 8.00. The average Bonchev–Trinajstić information content (AvgIpc) is 3.05. The van der Waals surface area contributed by atoms with Crippen LogP contribution >= 0.6 is 23.2 Å². The van der Waals surface area contributed by atoms with Gasteiger partial charge in [-0.2, -0.15) is 0 Å². The lowest BCUT2D eigenvalue weighted by Crippen LogP contribution is -2.24. The normalized spacial score (nSPS) is 19.0. The number of hydrogen-bond acceptors (Lipinski definition) is 4. The van der Waals surface area contributed by atoms with E-state index in [9.17, 15) is 4.79 Å². The largest absolute Gasteiger partial charge is 0.456 e. The van der Waals surface area contributed by atoms with E-state index in [2.05, 4.69) is 11.7 Å². The van der Waals surface area contributed by atoms with Crippen LogP contribution in [-0.2, 0) is 15.2 Å². The van der Waals surface area contributed by atoms with Crippen molar-refractivity contribution in [3.63, 3.8) is 0 Å². The van der Waals surface area contributed by atoms with Gasteiger partial charge in [-0.25, -0.2) is 4.79 Å². The number of carbonyl (C=O) groups excluding carboxylic acids is 1. The van der Waals surface area contributed by atoms with Crippen molar-refractivity contribution in [1.29, 1.82) is 0 Å². The quantitative estimate of drug-likeness (QED) is 0.425. The molecule has 0 saturated heterocycles. The van der Waals surface area contributed by atoms with E-state index >= 15 is 0 Å². The minimum absolute atomic E-state index is 0.339. The van der Waals surface area contributed by atoms with Crippen LogP contribution in [0.1, 0.15) is 47.8 Å². The molecule has 1 aliphatic rings. The Bertz CT molecular complexity index is 987. The van der Waals surface area contributed by atoms with Crippen molar-refractivity contribution >= 4 is 41.5 Å². The van der Waals surface area contributed by atoms with Gasteiger partial charge in [-0.15, -0.1) is 0 Å². The zero-order valence-electron chi connectivity index (χ0n) is 16.9. The Morgan fingerprint density at radius 3 is 2.38 bits per heavy atom. The van der Waals surface area contributed by atoms with Crippen LogP contribution in [0, 0.1) is 6.92 Å². The molecule has 0 bridgehead atoms. The number of rotatable bonds is 4. The van der Waals surface area contributed by atoms with Gasteiger partial charge in [0.05, 0.1) is 12.2 Å². The summed E-state index contributed by atoms with van der Waals surface area (Å²) in [4.78, 5) is 16.6. The molecule has 0 aromatic heterocycles. The standard InChI is InChI=1S/C23H23Cl2NO3/c1-14-8-15(6-7-20(14)21(27)29-22(2,3)4)16-12-23(26-5,28-13-16)17-9-18(24)11-19(25)10-17/h6-12H,5,13H2,1-4H3.